The van der Waals surface area contributed by atoms with Crippen LogP contribution >= 0.6 is 11.3 Å². The zero-order chi connectivity index (χ0) is 14.1. The Morgan fingerprint density at radius 2 is 1.60 bits per heavy atom. The van der Waals surface area contributed by atoms with Crippen LogP contribution in [0.1, 0.15) is 11.4 Å². The van der Waals surface area contributed by atoms with Gasteiger partial charge in [0.15, 0.2) is 0 Å². The Labute approximate surface area is 122 Å². The van der Waals surface area contributed by atoms with Crippen LogP contribution in [-0.2, 0) is 0 Å². The lowest BCUT2D eigenvalue weighted by Crippen LogP contribution is -2.46. The Morgan fingerprint density at radius 3 is 2.15 bits per heavy atom. The van der Waals surface area contributed by atoms with Crippen molar-refractivity contribution in [1.82, 2.24) is 15.2 Å². The van der Waals surface area contributed by atoms with E-state index in [4.69, 9.17) is 5.73 Å². The van der Waals surface area contributed by atoms with Crippen molar-refractivity contribution in [3.8, 4) is 0 Å². The average Bonchev–Trinajstić information content (AvgIpc) is 2.84. The zero-order valence-corrected chi connectivity index (χ0v) is 12.5. The highest BCUT2D eigenvalue weighted by molar-refractivity contribution is 7.18. The molecule has 1 saturated heterocycles. The number of hydrogen-bond donors (Lipinski definition) is 1. The third-order valence-corrected chi connectivity index (χ3v) is 4.22. The molecule has 20 heavy (non-hydrogen) atoms. The van der Waals surface area contributed by atoms with E-state index < -0.39 is 0 Å². The summed E-state index contributed by atoms with van der Waals surface area (Å²) in [5.41, 5.74) is 9.03. The van der Waals surface area contributed by atoms with E-state index in [1.165, 1.54) is 17.0 Å². The molecule has 2 aromatic heterocycles. The minimum absolute atomic E-state index is 0.530. The van der Waals surface area contributed by atoms with Crippen LogP contribution < -0.4 is 15.5 Å². The summed E-state index contributed by atoms with van der Waals surface area (Å²) in [5, 5.41) is 9.43. The summed E-state index contributed by atoms with van der Waals surface area (Å²) in [4.78, 5) is 9.06. The molecule has 2 aromatic rings. The first-order chi connectivity index (χ1) is 9.61. The first-order valence-electron chi connectivity index (χ1n) is 6.66. The van der Waals surface area contributed by atoms with Crippen LogP contribution in [0.4, 0.5) is 16.0 Å². The second-order valence-corrected chi connectivity index (χ2v) is 5.99. The molecular weight excluding hydrogens is 272 g/mol. The van der Waals surface area contributed by atoms with Crippen LogP contribution in [0, 0.1) is 13.8 Å². The number of hydrogen-bond acceptors (Lipinski definition) is 7. The number of aromatic nitrogens is 3. The molecule has 6 nitrogen and oxygen atoms in total. The lowest BCUT2D eigenvalue weighted by molar-refractivity contribution is 0.649. The molecule has 0 saturated carbocycles. The quantitative estimate of drug-likeness (QED) is 0.903. The topological polar surface area (TPSA) is 71.2 Å². The monoisotopic (exact) mass is 290 g/mol. The van der Waals surface area contributed by atoms with E-state index in [1.54, 1.807) is 0 Å². The SMILES string of the molecule is Cc1cc(N2CCN(c3nnc(N)s3)CC2)cc(C)n1. The molecule has 106 valence electrons. The Kier molecular flexibility index (Phi) is 3.43. The van der Waals surface area contributed by atoms with Crippen molar-refractivity contribution < 1.29 is 0 Å². The van der Waals surface area contributed by atoms with Crippen LogP contribution in [0.2, 0.25) is 0 Å². The summed E-state index contributed by atoms with van der Waals surface area (Å²) in [6, 6.07) is 4.29. The van der Waals surface area contributed by atoms with Gasteiger partial charge in [0.1, 0.15) is 0 Å². The normalized spacial score (nSPS) is 15.7. The number of nitrogens with two attached hydrogens (primary N) is 1. The fourth-order valence-electron chi connectivity index (χ4n) is 2.51. The number of aryl methyl sites for hydroxylation is 2. The van der Waals surface area contributed by atoms with E-state index in [9.17, 15) is 0 Å². The van der Waals surface area contributed by atoms with E-state index in [0.29, 0.717) is 5.13 Å². The molecule has 0 bridgehead atoms. The van der Waals surface area contributed by atoms with Gasteiger partial charge in [-0.2, -0.15) is 0 Å². The van der Waals surface area contributed by atoms with Gasteiger partial charge in [0, 0.05) is 43.3 Å². The van der Waals surface area contributed by atoms with Crippen molar-refractivity contribution in [1.29, 1.82) is 0 Å². The minimum Gasteiger partial charge on any atom is -0.374 e. The van der Waals surface area contributed by atoms with Gasteiger partial charge >= 0.3 is 0 Å². The Balaban J connectivity index is 1.69. The van der Waals surface area contributed by atoms with Crippen molar-refractivity contribution in [2.24, 2.45) is 0 Å². The van der Waals surface area contributed by atoms with Crippen LogP contribution in [-0.4, -0.2) is 41.4 Å². The second-order valence-electron chi connectivity index (χ2n) is 5.01. The summed E-state index contributed by atoms with van der Waals surface area (Å²) in [6.45, 7) is 7.91. The van der Waals surface area contributed by atoms with Crippen LogP contribution in [0.5, 0.6) is 0 Å². The van der Waals surface area contributed by atoms with Crippen molar-refractivity contribution in [3.63, 3.8) is 0 Å². The molecule has 0 atom stereocenters. The lowest BCUT2D eigenvalue weighted by atomic mass is 10.2. The summed E-state index contributed by atoms with van der Waals surface area (Å²) in [6.07, 6.45) is 0. The Bertz CT molecular complexity index is 582. The molecule has 0 aliphatic carbocycles. The van der Waals surface area contributed by atoms with Crippen molar-refractivity contribution in [2.75, 3.05) is 41.7 Å². The van der Waals surface area contributed by atoms with Crippen LogP contribution in [0.15, 0.2) is 12.1 Å². The number of piperazine rings is 1. The highest BCUT2D eigenvalue weighted by Gasteiger charge is 2.20. The fraction of sp³-hybridized carbons (Fsp3) is 0.462. The Morgan fingerprint density at radius 1 is 1.00 bits per heavy atom. The van der Waals surface area contributed by atoms with Gasteiger partial charge < -0.3 is 15.5 Å². The largest absolute Gasteiger partial charge is 0.374 e. The molecule has 2 N–H and O–H groups in total. The van der Waals surface area contributed by atoms with Crippen molar-refractivity contribution in [3.05, 3.63) is 23.5 Å². The minimum atomic E-state index is 0.530. The predicted octanol–water partition coefficient (Wildman–Crippen LogP) is 1.46. The molecule has 7 heteroatoms. The fourth-order valence-corrected chi connectivity index (χ4v) is 3.17. The van der Waals surface area contributed by atoms with E-state index >= 15 is 0 Å². The molecule has 0 amide bonds. The molecule has 0 radical (unpaired) electrons. The first-order valence-corrected chi connectivity index (χ1v) is 7.47. The van der Waals surface area contributed by atoms with Gasteiger partial charge in [-0.05, 0) is 26.0 Å². The van der Waals surface area contributed by atoms with E-state index in [2.05, 4.69) is 37.1 Å². The summed E-state index contributed by atoms with van der Waals surface area (Å²) in [5.74, 6) is 0. The van der Waals surface area contributed by atoms with Gasteiger partial charge in [0.2, 0.25) is 10.3 Å². The second kappa shape index (κ2) is 5.24. The van der Waals surface area contributed by atoms with Crippen LogP contribution in [0.3, 0.4) is 0 Å². The van der Waals surface area contributed by atoms with Crippen molar-refractivity contribution >= 4 is 27.3 Å². The summed E-state index contributed by atoms with van der Waals surface area (Å²) < 4.78 is 0. The Hall–Kier alpha value is -1.89. The maximum atomic E-state index is 5.64. The molecule has 0 aromatic carbocycles. The number of pyridine rings is 1. The van der Waals surface area contributed by atoms with Crippen molar-refractivity contribution in [2.45, 2.75) is 13.8 Å². The molecule has 0 unspecified atom stereocenters. The third kappa shape index (κ3) is 2.67. The van der Waals surface area contributed by atoms with Gasteiger partial charge in [-0.1, -0.05) is 11.3 Å². The van der Waals surface area contributed by atoms with Gasteiger partial charge in [-0.25, -0.2) is 0 Å². The standard InChI is InChI=1S/C13H18N6S/c1-9-7-11(8-10(2)15-9)18-3-5-19(6-4-18)13-17-16-12(14)20-13/h7-8H,3-6H2,1-2H3,(H2,14,16). The number of nitrogen functional groups attached to an aromatic ring is 1. The van der Waals surface area contributed by atoms with E-state index in [0.717, 1.165) is 42.7 Å². The third-order valence-electron chi connectivity index (χ3n) is 3.41. The van der Waals surface area contributed by atoms with E-state index in [-0.39, 0.29) is 0 Å². The van der Waals surface area contributed by atoms with Gasteiger partial charge in [0.05, 0.1) is 0 Å². The number of nitrogens with zero attached hydrogens (tertiary/aromatic N) is 5. The highest BCUT2D eigenvalue weighted by atomic mass is 32.1. The van der Waals surface area contributed by atoms with Gasteiger partial charge in [0.25, 0.3) is 0 Å². The zero-order valence-electron chi connectivity index (χ0n) is 11.7. The summed E-state index contributed by atoms with van der Waals surface area (Å²) >= 11 is 1.45. The van der Waals surface area contributed by atoms with Crippen LogP contribution in [0.25, 0.3) is 0 Å². The molecule has 0 spiro atoms. The molecule has 1 aliphatic heterocycles. The smallest absolute Gasteiger partial charge is 0.210 e. The maximum Gasteiger partial charge on any atom is 0.210 e. The van der Waals surface area contributed by atoms with Gasteiger partial charge in [-0.15, -0.1) is 10.2 Å². The first kappa shape index (κ1) is 13.1. The molecule has 1 fully saturated rings. The lowest BCUT2D eigenvalue weighted by Gasteiger charge is -2.35. The molecule has 1 aliphatic rings. The van der Waals surface area contributed by atoms with Gasteiger partial charge in [-0.3, -0.25) is 4.98 Å². The molecule has 3 rings (SSSR count). The average molecular weight is 290 g/mol. The van der Waals surface area contributed by atoms with E-state index in [1.807, 2.05) is 13.8 Å². The number of anilines is 3. The summed E-state index contributed by atoms with van der Waals surface area (Å²) in [7, 11) is 0. The highest BCUT2D eigenvalue weighted by Crippen LogP contribution is 2.24. The molecular formula is C13H18N6S. The maximum absolute atomic E-state index is 5.64. The molecule has 3 heterocycles. The predicted molar refractivity (Wildman–Crippen MR) is 82.5 cm³/mol. The number of rotatable bonds is 2.